The molecule has 8 nitrogen and oxygen atoms in total. The van der Waals surface area contributed by atoms with E-state index in [0.29, 0.717) is 17.1 Å². The zero-order chi connectivity index (χ0) is 21.5. The van der Waals surface area contributed by atoms with E-state index >= 15 is 0 Å². The van der Waals surface area contributed by atoms with Crippen molar-refractivity contribution in [2.45, 2.75) is 6.92 Å². The number of carbonyl (C=O) groups excluding carboxylic acids is 2. The molecule has 0 saturated carbocycles. The van der Waals surface area contributed by atoms with E-state index in [9.17, 15) is 19.7 Å². The maximum absolute atomic E-state index is 12.1. The highest BCUT2D eigenvalue weighted by molar-refractivity contribution is 5.96. The molecule has 0 spiro atoms. The molecule has 0 aromatic heterocycles. The molecular weight excluding hydrogens is 388 g/mol. The van der Waals surface area contributed by atoms with Gasteiger partial charge in [-0.3, -0.25) is 14.9 Å². The van der Waals surface area contributed by atoms with E-state index in [1.165, 1.54) is 30.3 Å². The lowest BCUT2D eigenvalue weighted by atomic mass is 10.2. The lowest BCUT2D eigenvalue weighted by molar-refractivity contribution is -0.384. The summed E-state index contributed by atoms with van der Waals surface area (Å²) >= 11 is 0. The number of hydrogen-bond acceptors (Lipinski definition) is 6. The van der Waals surface area contributed by atoms with Gasteiger partial charge in [0.1, 0.15) is 11.5 Å². The zero-order valence-corrected chi connectivity index (χ0v) is 16.0. The van der Waals surface area contributed by atoms with Gasteiger partial charge in [0, 0.05) is 12.1 Å². The lowest BCUT2D eigenvalue weighted by Gasteiger charge is -2.09. The van der Waals surface area contributed by atoms with Crippen LogP contribution in [-0.4, -0.2) is 23.4 Å². The summed E-state index contributed by atoms with van der Waals surface area (Å²) in [6.45, 7) is 1.17. The number of carbonyl (C=O) groups is 2. The fourth-order valence-corrected chi connectivity index (χ4v) is 2.54. The Morgan fingerprint density at radius 1 is 0.967 bits per heavy atom. The smallest absolute Gasteiger partial charge is 0.338 e. The van der Waals surface area contributed by atoms with Gasteiger partial charge in [-0.1, -0.05) is 24.3 Å². The molecule has 8 heteroatoms. The maximum atomic E-state index is 12.1. The van der Waals surface area contributed by atoms with Gasteiger partial charge in [0.2, 0.25) is 0 Å². The average Bonchev–Trinajstić information content (AvgIpc) is 2.74. The monoisotopic (exact) mass is 406 g/mol. The third-order valence-corrected chi connectivity index (χ3v) is 4.11. The van der Waals surface area contributed by atoms with E-state index in [-0.39, 0.29) is 16.9 Å². The van der Waals surface area contributed by atoms with Crippen LogP contribution in [0.3, 0.4) is 0 Å². The van der Waals surface area contributed by atoms with Gasteiger partial charge in [-0.2, -0.15) is 0 Å². The highest BCUT2D eigenvalue weighted by atomic mass is 16.6. The fraction of sp³-hybridized carbons (Fsp3) is 0.0909. The van der Waals surface area contributed by atoms with Crippen LogP contribution in [0.15, 0.2) is 72.8 Å². The number of nitrogens with one attached hydrogen (secondary N) is 1. The van der Waals surface area contributed by atoms with Crippen molar-refractivity contribution in [1.29, 1.82) is 0 Å². The summed E-state index contributed by atoms with van der Waals surface area (Å²) < 4.78 is 10.7. The summed E-state index contributed by atoms with van der Waals surface area (Å²) in [4.78, 5) is 34.5. The first-order valence-corrected chi connectivity index (χ1v) is 8.97. The Kier molecular flexibility index (Phi) is 6.39. The van der Waals surface area contributed by atoms with Crippen LogP contribution in [0.5, 0.6) is 11.5 Å². The molecule has 0 atom stereocenters. The Morgan fingerprint density at radius 2 is 1.63 bits per heavy atom. The topological polar surface area (TPSA) is 108 Å². The summed E-state index contributed by atoms with van der Waals surface area (Å²) in [5, 5.41) is 13.4. The number of non-ortho nitro benzene ring substituents is 1. The van der Waals surface area contributed by atoms with Crippen LogP contribution in [-0.2, 0) is 9.53 Å². The van der Waals surface area contributed by atoms with Gasteiger partial charge in [0.05, 0.1) is 16.2 Å². The van der Waals surface area contributed by atoms with Crippen LogP contribution in [0.4, 0.5) is 11.4 Å². The Morgan fingerprint density at radius 3 is 2.30 bits per heavy atom. The molecule has 1 amide bonds. The molecule has 0 unspecified atom stereocenters. The van der Waals surface area contributed by atoms with Crippen LogP contribution in [0.25, 0.3) is 0 Å². The third-order valence-electron chi connectivity index (χ3n) is 4.11. The molecule has 0 aliphatic rings. The van der Waals surface area contributed by atoms with Crippen molar-refractivity contribution in [3.8, 4) is 11.5 Å². The van der Waals surface area contributed by atoms with Crippen molar-refractivity contribution >= 4 is 23.3 Å². The van der Waals surface area contributed by atoms with Gasteiger partial charge in [0.15, 0.2) is 6.61 Å². The minimum atomic E-state index is -0.674. The van der Waals surface area contributed by atoms with Crippen LogP contribution in [0, 0.1) is 17.0 Å². The first-order chi connectivity index (χ1) is 14.4. The second kappa shape index (κ2) is 9.33. The van der Waals surface area contributed by atoms with Gasteiger partial charge < -0.3 is 14.8 Å². The number of nitrogens with zero attached hydrogens (tertiary/aromatic N) is 1. The first kappa shape index (κ1) is 20.5. The summed E-state index contributed by atoms with van der Waals surface area (Å²) in [7, 11) is 0. The maximum Gasteiger partial charge on any atom is 0.338 e. The van der Waals surface area contributed by atoms with E-state index in [1.807, 2.05) is 30.3 Å². The standard InChI is InChI=1S/C22H18N2O6/c1-15-7-10-17(24(27)28)13-20(15)23-21(25)14-29-22(26)16-8-11-19(12-9-16)30-18-5-3-2-4-6-18/h2-13H,14H2,1H3,(H,23,25). The Bertz CT molecular complexity index is 1060. The summed E-state index contributed by atoms with van der Waals surface area (Å²) in [5.41, 5.74) is 1.04. The van der Waals surface area contributed by atoms with Crippen LogP contribution in [0.1, 0.15) is 15.9 Å². The number of rotatable bonds is 7. The summed E-state index contributed by atoms with van der Waals surface area (Å²) in [6, 6.07) is 19.6. The number of esters is 1. The predicted octanol–water partition coefficient (Wildman–Crippen LogP) is 4.49. The fourth-order valence-electron chi connectivity index (χ4n) is 2.54. The molecule has 3 aromatic carbocycles. The second-order valence-electron chi connectivity index (χ2n) is 6.32. The summed E-state index contributed by atoms with van der Waals surface area (Å²) in [5.74, 6) is -0.0549. The molecule has 30 heavy (non-hydrogen) atoms. The zero-order valence-electron chi connectivity index (χ0n) is 16.0. The Balaban J connectivity index is 1.54. The highest BCUT2D eigenvalue weighted by Crippen LogP contribution is 2.22. The van der Waals surface area contributed by atoms with Gasteiger partial charge >= 0.3 is 5.97 Å². The minimum absolute atomic E-state index is 0.147. The molecule has 152 valence electrons. The minimum Gasteiger partial charge on any atom is -0.457 e. The molecule has 1 N–H and O–H groups in total. The van der Waals surface area contributed by atoms with E-state index in [0.717, 1.165) is 0 Å². The van der Waals surface area contributed by atoms with E-state index in [1.54, 1.807) is 19.1 Å². The van der Waals surface area contributed by atoms with Gasteiger partial charge in [-0.15, -0.1) is 0 Å². The van der Waals surface area contributed by atoms with Crippen molar-refractivity contribution in [3.05, 3.63) is 94.0 Å². The molecule has 0 bridgehead atoms. The number of hydrogen-bond donors (Lipinski definition) is 1. The van der Waals surface area contributed by atoms with Crippen LogP contribution < -0.4 is 10.1 Å². The molecule has 0 aliphatic heterocycles. The van der Waals surface area contributed by atoms with Crippen LogP contribution in [0.2, 0.25) is 0 Å². The van der Waals surface area contributed by atoms with Crippen molar-refractivity contribution in [1.82, 2.24) is 0 Å². The van der Waals surface area contributed by atoms with E-state index < -0.39 is 23.4 Å². The second-order valence-corrected chi connectivity index (χ2v) is 6.32. The van der Waals surface area contributed by atoms with Crippen molar-refractivity contribution in [3.63, 3.8) is 0 Å². The number of nitro benzene ring substituents is 1. The molecule has 0 heterocycles. The number of ether oxygens (including phenoxy) is 2. The third kappa shape index (κ3) is 5.41. The van der Waals surface area contributed by atoms with Crippen molar-refractivity contribution in [2.24, 2.45) is 0 Å². The highest BCUT2D eigenvalue weighted by Gasteiger charge is 2.14. The largest absolute Gasteiger partial charge is 0.457 e. The number of benzene rings is 3. The SMILES string of the molecule is Cc1ccc([N+](=O)[O-])cc1NC(=O)COC(=O)c1ccc(Oc2ccccc2)cc1. The summed E-state index contributed by atoms with van der Waals surface area (Å²) in [6.07, 6.45) is 0. The number of aryl methyl sites for hydroxylation is 1. The molecule has 3 aromatic rings. The molecule has 0 saturated heterocycles. The number of amides is 1. The first-order valence-electron chi connectivity index (χ1n) is 8.97. The molecule has 0 radical (unpaired) electrons. The Labute approximate surface area is 172 Å². The molecular formula is C22H18N2O6. The number of para-hydroxylation sites is 1. The predicted molar refractivity (Wildman–Crippen MR) is 110 cm³/mol. The van der Waals surface area contributed by atoms with Gasteiger partial charge in [-0.25, -0.2) is 4.79 Å². The van der Waals surface area contributed by atoms with Gasteiger partial charge in [0.25, 0.3) is 11.6 Å². The van der Waals surface area contributed by atoms with Crippen LogP contribution >= 0.6 is 0 Å². The van der Waals surface area contributed by atoms with Crippen molar-refractivity contribution < 1.29 is 24.0 Å². The molecule has 3 rings (SSSR count). The molecule has 0 fully saturated rings. The average molecular weight is 406 g/mol. The van der Waals surface area contributed by atoms with Crippen molar-refractivity contribution in [2.75, 3.05) is 11.9 Å². The normalized spacial score (nSPS) is 10.2. The van der Waals surface area contributed by atoms with Gasteiger partial charge in [-0.05, 0) is 48.9 Å². The Hall–Kier alpha value is -4.20. The molecule has 0 aliphatic carbocycles. The quantitative estimate of drug-likeness (QED) is 0.352. The lowest BCUT2D eigenvalue weighted by Crippen LogP contribution is -2.21. The number of nitro groups is 1. The van der Waals surface area contributed by atoms with E-state index in [4.69, 9.17) is 9.47 Å². The van der Waals surface area contributed by atoms with E-state index in [2.05, 4.69) is 5.32 Å². The number of anilines is 1.